The third kappa shape index (κ3) is 3.48. The maximum absolute atomic E-state index is 12.2. The van der Waals surface area contributed by atoms with Gasteiger partial charge in [0, 0.05) is 11.6 Å². The zero-order valence-corrected chi connectivity index (χ0v) is 14.3. The molecule has 0 fully saturated rings. The summed E-state index contributed by atoms with van der Waals surface area (Å²) in [5.41, 5.74) is 1.84. The van der Waals surface area contributed by atoms with Crippen LogP contribution in [0.4, 0.5) is 0 Å². The van der Waals surface area contributed by atoms with Crippen LogP contribution in [0.2, 0.25) is 0 Å². The number of para-hydroxylation sites is 1. The van der Waals surface area contributed by atoms with E-state index in [2.05, 4.69) is 10.2 Å². The molecule has 4 aromatic rings. The number of carbonyl (C=O) groups is 1. The van der Waals surface area contributed by atoms with Gasteiger partial charge in [0.05, 0.1) is 5.39 Å². The van der Waals surface area contributed by atoms with E-state index in [1.54, 1.807) is 24.3 Å². The van der Waals surface area contributed by atoms with E-state index in [9.17, 15) is 9.59 Å². The lowest BCUT2D eigenvalue weighted by atomic mass is 10.1. The molecular weight excluding hydrogens is 348 g/mol. The van der Waals surface area contributed by atoms with E-state index in [0.29, 0.717) is 16.9 Å². The molecule has 0 aliphatic rings. The van der Waals surface area contributed by atoms with Crippen molar-refractivity contribution in [1.82, 2.24) is 10.2 Å². The van der Waals surface area contributed by atoms with E-state index in [1.807, 2.05) is 31.2 Å². The van der Waals surface area contributed by atoms with Gasteiger partial charge in [0.1, 0.15) is 5.58 Å². The molecule has 7 nitrogen and oxygen atoms in total. The van der Waals surface area contributed by atoms with E-state index in [1.165, 1.54) is 0 Å². The Morgan fingerprint density at radius 2 is 1.89 bits per heavy atom. The predicted molar refractivity (Wildman–Crippen MR) is 96.1 cm³/mol. The number of esters is 1. The second kappa shape index (κ2) is 6.87. The number of nitrogens with zero attached hydrogens (tertiary/aromatic N) is 2. The Kier molecular flexibility index (Phi) is 4.25. The van der Waals surface area contributed by atoms with Crippen LogP contribution >= 0.6 is 0 Å². The lowest BCUT2D eigenvalue weighted by molar-refractivity contribution is 0.0403. The Labute approximate surface area is 153 Å². The molecule has 0 spiro atoms. The smallest absolute Gasteiger partial charge is 0.374 e. The molecule has 7 heteroatoms. The quantitative estimate of drug-likeness (QED) is 0.513. The minimum Gasteiger partial charge on any atom is -0.450 e. The summed E-state index contributed by atoms with van der Waals surface area (Å²) < 4.78 is 16.1. The Balaban J connectivity index is 1.49. The highest BCUT2D eigenvalue weighted by Crippen LogP contribution is 2.19. The van der Waals surface area contributed by atoms with Crippen molar-refractivity contribution >= 4 is 16.9 Å². The zero-order chi connectivity index (χ0) is 18.8. The van der Waals surface area contributed by atoms with Gasteiger partial charge in [-0.15, -0.1) is 10.2 Å². The molecule has 0 bridgehead atoms. The SMILES string of the molecule is Cc1cccc(-c2nnc(COC(=O)c3cc(=O)c4ccccc4o3)o2)c1. The van der Waals surface area contributed by atoms with Crippen molar-refractivity contribution in [2.24, 2.45) is 0 Å². The molecule has 0 aliphatic carbocycles. The summed E-state index contributed by atoms with van der Waals surface area (Å²) in [5, 5.41) is 8.22. The van der Waals surface area contributed by atoms with Gasteiger partial charge in [-0.2, -0.15) is 0 Å². The van der Waals surface area contributed by atoms with Crippen LogP contribution in [0.15, 0.2) is 68.2 Å². The Morgan fingerprint density at radius 1 is 1.04 bits per heavy atom. The Bertz CT molecular complexity index is 1190. The Morgan fingerprint density at radius 3 is 2.74 bits per heavy atom. The van der Waals surface area contributed by atoms with E-state index in [4.69, 9.17) is 13.6 Å². The first-order chi connectivity index (χ1) is 13.1. The van der Waals surface area contributed by atoms with Crippen molar-refractivity contribution in [3.05, 3.63) is 82.0 Å². The second-order valence-corrected chi connectivity index (χ2v) is 5.92. The number of aromatic nitrogens is 2. The predicted octanol–water partition coefficient (Wildman–Crippen LogP) is 3.51. The molecule has 0 unspecified atom stereocenters. The van der Waals surface area contributed by atoms with Crippen LogP contribution in [0.25, 0.3) is 22.4 Å². The highest BCUT2D eigenvalue weighted by Gasteiger charge is 2.16. The van der Waals surface area contributed by atoms with Gasteiger partial charge in [0.2, 0.25) is 11.7 Å². The van der Waals surface area contributed by atoms with Crippen LogP contribution in [-0.4, -0.2) is 16.2 Å². The monoisotopic (exact) mass is 362 g/mol. The van der Waals surface area contributed by atoms with Crippen molar-refractivity contribution in [2.75, 3.05) is 0 Å². The third-order valence-corrected chi connectivity index (χ3v) is 3.89. The standard InChI is InChI=1S/C20H14N2O5/c1-12-5-4-6-13(9-12)19-22-21-18(27-19)11-25-20(24)17-10-15(23)14-7-2-3-8-16(14)26-17/h2-10H,11H2,1H3. The van der Waals surface area contributed by atoms with E-state index in [-0.39, 0.29) is 23.7 Å². The molecule has 2 aromatic carbocycles. The van der Waals surface area contributed by atoms with Gasteiger partial charge in [0.25, 0.3) is 5.89 Å². The van der Waals surface area contributed by atoms with Crippen molar-refractivity contribution in [3.63, 3.8) is 0 Å². The van der Waals surface area contributed by atoms with Crippen LogP contribution in [0.3, 0.4) is 0 Å². The average Bonchev–Trinajstić information content (AvgIpc) is 3.15. The zero-order valence-electron chi connectivity index (χ0n) is 14.3. The van der Waals surface area contributed by atoms with Gasteiger partial charge in [0.15, 0.2) is 12.0 Å². The molecule has 2 heterocycles. The lowest BCUT2D eigenvalue weighted by Crippen LogP contribution is -2.10. The third-order valence-electron chi connectivity index (χ3n) is 3.89. The summed E-state index contributed by atoms with van der Waals surface area (Å²) in [7, 11) is 0. The van der Waals surface area contributed by atoms with Gasteiger partial charge in [-0.3, -0.25) is 4.79 Å². The van der Waals surface area contributed by atoms with Gasteiger partial charge < -0.3 is 13.6 Å². The normalized spacial score (nSPS) is 10.9. The topological polar surface area (TPSA) is 95.4 Å². The molecule has 0 saturated heterocycles. The van der Waals surface area contributed by atoms with Crippen LogP contribution < -0.4 is 5.43 Å². The lowest BCUT2D eigenvalue weighted by Gasteiger charge is -2.02. The molecular formula is C20H14N2O5. The summed E-state index contributed by atoms with van der Waals surface area (Å²) in [6.45, 7) is 1.73. The van der Waals surface area contributed by atoms with Crippen molar-refractivity contribution in [1.29, 1.82) is 0 Å². The molecule has 0 radical (unpaired) electrons. The number of benzene rings is 2. The highest BCUT2D eigenvalue weighted by atomic mass is 16.6. The summed E-state index contributed by atoms with van der Waals surface area (Å²) in [4.78, 5) is 24.2. The molecule has 0 atom stereocenters. The first kappa shape index (κ1) is 16.7. The van der Waals surface area contributed by atoms with Crippen LogP contribution in [0.1, 0.15) is 22.0 Å². The molecule has 2 aromatic heterocycles. The van der Waals surface area contributed by atoms with Crippen molar-refractivity contribution in [3.8, 4) is 11.5 Å². The first-order valence-corrected chi connectivity index (χ1v) is 8.19. The highest BCUT2D eigenvalue weighted by molar-refractivity contribution is 5.88. The summed E-state index contributed by atoms with van der Waals surface area (Å²) >= 11 is 0. The molecule has 0 N–H and O–H groups in total. The number of fused-ring (bicyclic) bond motifs is 1. The molecule has 0 saturated carbocycles. The summed E-state index contributed by atoms with van der Waals surface area (Å²) in [6, 6.07) is 15.4. The maximum Gasteiger partial charge on any atom is 0.374 e. The fraction of sp³-hybridized carbons (Fsp3) is 0.100. The number of rotatable bonds is 4. The fourth-order valence-electron chi connectivity index (χ4n) is 2.61. The fourth-order valence-corrected chi connectivity index (χ4v) is 2.61. The number of hydrogen-bond donors (Lipinski definition) is 0. The van der Waals surface area contributed by atoms with Gasteiger partial charge in [-0.05, 0) is 31.2 Å². The molecule has 0 aliphatic heterocycles. The molecule has 4 rings (SSSR count). The minimum atomic E-state index is -0.784. The largest absolute Gasteiger partial charge is 0.450 e. The average molecular weight is 362 g/mol. The minimum absolute atomic E-state index is 0.142. The van der Waals surface area contributed by atoms with E-state index < -0.39 is 5.97 Å². The number of ether oxygens (including phenoxy) is 1. The molecule has 0 amide bonds. The maximum atomic E-state index is 12.2. The number of aryl methyl sites for hydroxylation is 1. The summed E-state index contributed by atoms with van der Waals surface area (Å²) in [6.07, 6.45) is 0. The van der Waals surface area contributed by atoms with Gasteiger partial charge in [-0.25, -0.2) is 4.79 Å². The number of carbonyl (C=O) groups excluding carboxylic acids is 1. The van der Waals surface area contributed by atoms with Crippen LogP contribution in [-0.2, 0) is 11.3 Å². The Hall–Kier alpha value is -3.74. The first-order valence-electron chi connectivity index (χ1n) is 8.19. The van der Waals surface area contributed by atoms with Crippen molar-refractivity contribution in [2.45, 2.75) is 13.5 Å². The summed E-state index contributed by atoms with van der Waals surface area (Å²) in [5.74, 6) is -0.491. The molecule has 27 heavy (non-hydrogen) atoms. The van der Waals surface area contributed by atoms with Gasteiger partial charge in [-0.1, -0.05) is 29.8 Å². The van der Waals surface area contributed by atoms with E-state index >= 15 is 0 Å². The number of hydrogen-bond acceptors (Lipinski definition) is 7. The van der Waals surface area contributed by atoms with Crippen molar-refractivity contribution < 1.29 is 18.4 Å². The van der Waals surface area contributed by atoms with Gasteiger partial charge >= 0.3 is 5.97 Å². The van der Waals surface area contributed by atoms with E-state index in [0.717, 1.165) is 17.2 Å². The van der Waals surface area contributed by atoms with Crippen LogP contribution in [0, 0.1) is 6.92 Å². The van der Waals surface area contributed by atoms with Crippen LogP contribution in [0.5, 0.6) is 0 Å². The molecule has 134 valence electrons. The second-order valence-electron chi connectivity index (χ2n) is 5.92.